The third-order valence-corrected chi connectivity index (χ3v) is 6.27. The number of hydrogen-bond acceptors (Lipinski definition) is 6. The van der Waals surface area contributed by atoms with Crippen LogP contribution in [0.15, 0.2) is 11.4 Å². The molecule has 1 aliphatic carbocycles. The zero-order valence-electron chi connectivity index (χ0n) is 14.0. The van der Waals surface area contributed by atoms with E-state index >= 15 is 0 Å². The normalized spacial score (nSPS) is 18.9. The Morgan fingerprint density at radius 2 is 2.17 bits per heavy atom. The van der Waals surface area contributed by atoms with E-state index in [9.17, 15) is 4.79 Å². The van der Waals surface area contributed by atoms with Crippen LogP contribution in [0.3, 0.4) is 0 Å². The number of thiophene rings is 1. The zero-order valence-corrected chi connectivity index (χ0v) is 15.6. The van der Waals surface area contributed by atoms with Crippen molar-refractivity contribution < 1.29 is 9.53 Å². The molecule has 3 rings (SSSR count). The number of aryl methyl sites for hydroxylation is 1. The van der Waals surface area contributed by atoms with Crippen LogP contribution in [-0.4, -0.2) is 27.3 Å². The summed E-state index contributed by atoms with van der Waals surface area (Å²) in [5, 5.41) is 1.80. The van der Waals surface area contributed by atoms with Gasteiger partial charge in [0.2, 0.25) is 0 Å². The van der Waals surface area contributed by atoms with Gasteiger partial charge in [0.25, 0.3) is 0 Å². The molecule has 0 amide bonds. The number of fused-ring (bicyclic) bond motifs is 3. The van der Waals surface area contributed by atoms with E-state index in [4.69, 9.17) is 4.74 Å². The Morgan fingerprint density at radius 1 is 1.39 bits per heavy atom. The summed E-state index contributed by atoms with van der Waals surface area (Å²) in [4.78, 5) is 23.5. The number of hydrogen-bond donors (Lipinski definition) is 0. The first-order valence-electron chi connectivity index (χ1n) is 8.08. The highest BCUT2D eigenvalue weighted by Gasteiger charge is 2.25. The molecule has 6 heteroatoms. The van der Waals surface area contributed by atoms with Crippen LogP contribution in [0.2, 0.25) is 0 Å². The summed E-state index contributed by atoms with van der Waals surface area (Å²) < 4.78 is 5.30. The van der Waals surface area contributed by atoms with Crippen molar-refractivity contribution in [2.75, 3.05) is 0 Å². The first kappa shape index (κ1) is 16.7. The molecular weight excluding hydrogens is 328 g/mol. The molecule has 2 atom stereocenters. The van der Waals surface area contributed by atoms with Crippen LogP contribution >= 0.6 is 23.1 Å². The average Bonchev–Trinajstić information content (AvgIpc) is 2.84. The predicted octanol–water partition coefficient (Wildman–Crippen LogP) is 4.25. The highest BCUT2D eigenvalue weighted by molar-refractivity contribution is 8.00. The number of esters is 1. The molecule has 2 heterocycles. The molecule has 0 N–H and O–H groups in total. The number of carbonyl (C=O) groups is 1. The SMILES string of the molecule is CC(C)OC(=O)[C@@H](C)Sc1ncnc2sc3c(c12)CC[C@H](C)C3. The van der Waals surface area contributed by atoms with Crippen LogP contribution in [0.4, 0.5) is 0 Å². The second-order valence-electron chi connectivity index (χ2n) is 6.46. The molecule has 23 heavy (non-hydrogen) atoms. The summed E-state index contributed by atoms with van der Waals surface area (Å²) in [7, 11) is 0. The van der Waals surface area contributed by atoms with E-state index in [-0.39, 0.29) is 17.3 Å². The number of rotatable bonds is 4. The summed E-state index contributed by atoms with van der Waals surface area (Å²) in [6.45, 7) is 7.92. The van der Waals surface area contributed by atoms with Crippen molar-refractivity contribution in [1.82, 2.24) is 9.97 Å². The third-order valence-electron chi connectivity index (χ3n) is 4.03. The van der Waals surface area contributed by atoms with Gasteiger partial charge in [-0.1, -0.05) is 18.7 Å². The first-order valence-corrected chi connectivity index (χ1v) is 9.77. The largest absolute Gasteiger partial charge is 0.462 e. The van der Waals surface area contributed by atoms with Gasteiger partial charge in [0.15, 0.2) is 0 Å². The summed E-state index contributed by atoms with van der Waals surface area (Å²) in [6, 6.07) is 0. The van der Waals surface area contributed by atoms with Crippen molar-refractivity contribution >= 4 is 39.3 Å². The van der Waals surface area contributed by atoms with Gasteiger partial charge in [0, 0.05) is 10.3 Å². The van der Waals surface area contributed by atoms with E-state index in [0.717, 1.165) is 34.0 Å². The standard InChI is InChI=1S/C17H22N2O2S2/c1-9(2)21-17(20)11(4)22-15-14-12-6-5-10(3)7-13(12)23-16(14)19-8-18-15/h8-11H,5-7H2,1-4H3/t10-,11+/m0/s1. The molecule has 0 spiro atoms. The second kappa shape index (κ2) is 6.77. The zero-order chi connectivity index (χ0) is 16.6. The summed E-state index contributed by atoms with van der Waals surface area (Å²) in [6.07, 6.45) is 4.94. The van der Waals surface area contributed by atoms with Gasteiger partial charge in [-0.2, -0.15) is 0 Å². The molecule has 0 aliphatic heterocycles. The van der Waals surface area contributed by atoms with Crippen LogP contribution in [0.1, 0.15) is 44.6 Å². The molecule has 4 nitrogen and oxygen atoms in total. The molecule has 0 fully saturated rings. The average molecular weight is 351 g/mol. The minimum absolute atomic E-state index is 0.0913. The van der Waals surface area contributed by atoms with Crippen molar-refractivity contribution in [3.63, 3.8) is 0 Å². The molecule has 0 aromatic carbocycles. The Kier molecular flexibility index (Phi) is 4.92. The molecule has 0 radical (unpaired) electrons. The van der Waals surface area contributed by atoms with E-state index in [2.05, 4.69) is 16.9 Å². The predicted molar refractivity (Wildman–Crippen MR) is 95.2 cm³/mol. The maximum absolute atomic E-state index is 12.1. The van der Waals surface area contributed by atoms with Gasteiger partial charge in [-0.3, -0.25) is 4.79 Å². The fourth-order valence-electron chi connectivity index (χ4n) is 2.88. The van der Waals surface area contributed by atoms with Crippen molar-refractivity contribution in [3.8, 4) is 0 Å². The minimum atomic E-state index is -0.270. The lowest BCUT2D eigenvalue weighted by Crippen LogP contribution is -2.20. The lowest BCUT2D eigenvalue weighted by molar-refractivity contribution is -0.146. The Balaban J connectivity index is 1.91. The maximum atomic E-state index is 12.1. The molecule has 0 unspecified atom stereocenters. The van der Waals surface area contributed by atoms with Crippen LogP contribution in [0.25, 0.3) is 10.2 Å². The van der Waals surface area contributed by atoms with Crippen molar-refractivity contribution in [1.29, 1.82) is 0 Å². The van der Waals surface area contributed by atoms with E-state index in [1.54, 1.807) is 17.7 Å². The van der Waals surface area contributed by atoms with Gasteiger partial charge in [0.05, 0.1) is 6.10 Å². The Labute approximate surface area is 145 Å². The van der Waals surface area contributed by atoms with E-state index in [1.165, 1.54) is 28.6 Å². The minimum Gasteiger partial charge on any atom is -0.462 e. The van der Waals surface area contributed by atoms with E-state index < -0.39 is 0 Å². The molecular formula is C17H22N2O2S2. The third kappa shape index (κ3) is 3.53. The van der Waals surface area contributed by atoms with Crippen LogP contribution in [0, 0.1) is 5.92 Å². The van der Waals surface area contributed by atoms with Crippen LogP contribution < -0.4 is 0 Å². The quantitative estimate of drug-likeness (QED) is 0.469. The van der Waals surface area contributed by atoms with Gasteiger partial charge in [0.1, 0.15) is 21.4 Å². The van der Waals surface area contributed by atoms with Crippen LogP contribution in [-0.2, 0) is 22.4 Å². The monoisotopic (exact) mass is 350 g/mol. The molecule has 2 aromatic rings. The second-order valence-corrected chi connectivity index (χ2v) is 8.87. The smallest absolute Gasteiger partial charge is 0.319 e. The van der Waals surface area contributed by atoms with Gasteiger partial charge in [-0.15, -0.1) is 11.3 Å². The number of aromatic nitrogens is 2. The summed E-state index contributed by atoms with van der Waals surface area (Å²) in [5.74, 6) is 0.550. The van der Waals surface area contributed by atoms with Crippen molar-refractivity contribution in [2.45, 2.75) is 63.3 Å². The summed E-state index contributed by atoms with van der Waals surface area (Å²) in [5.41, 5.74) is 1.40. The highest BCUT2D eigenvalue weighted by Crippen LogP contribution is 2.41. The molecule has 0 bridgehead atoms. The Bertz CT molecular complexity index is 727. The molecule has 124 valence electrons. The molecule has 2 aromatic heterocycles. The summed E-state index contributed by atoms with van der Waals surface area (Å²) >= 11 is 3.27. The fraction of sp³-hybridized carbons (Fsp3) is 0.588. The fourth-order valence-corrected chi connectivity index (χ4v) is 5.23. The lowest BCUT2D eigenvalue weighted by atomic mass is 9.89. The van der Waals surface area contributed by atoms with Gasteiger partial charge >= 0.3 is 5.97 Å². The van der Waals surface area contributed by atoms with E-state index in [1.807, 2.05) is 20.8 Å². The first-order chi connectivity index (χ1) is 11.0. The van der Waals surface area contributed by atoms with Crippen molar-refractivity contribution in [2.24, 2.45) is 5.92 Å². The molecule has 0 saturated heterocycles. The number of nitrogens with zero attached hydrogens (tertiary/aromatic N) is 2. The number of thioether (sulfide) groups is 1. The Morgan fingerprint density at radius 3 is 2.91 bits per heavy atom. The van der Waals surface area contributed by atoms with E-state index in [0.29, 0.717) is 0 Å². The number of carbonyl (C=O) groups excluding carboxylic acids is 1. The van der Waals surface area contributed by atoms with Crippen LogP contribution in [0.5, 0.6) is 0 Å². The maximum Gasteiger partial charge on any atom is 0.319 e. The topological polar surface area (TPSA) is 52.1 Å². The molecule has 0 saturated carbocycles. The van der Waals surface area contributed by atoms with Gasteiger partial charge < -0.3 is 4.74 Å². The number of ether oxygens (including phenoxy) is 1. The highest BCUT2D eigenvalue weighted by atomic mass is 32.2. The Hall–Kier alpha value is -1.14. The molecule has 1 aliphatic rings. The van der Waals surface area contributed by atoms with Gasteiger partial charge in [-0.05, 0) is 51.5 Å². The van der Waals surface area contributed by atoms with Crippen molar-refractivity contribution in [3.05, 3.63) is 16.8 Å². The lowest BCUT2D eigenvalue weighted by Gasteiger charge is -2.18. The van der Waals surface area contributed by atoms with Gasteiger partial charge in [-0.25, -0.2) is 9.97 Å².